The highest BCUT2D eigenvalue weighted by Gasteiger charge is 2.23. The van der Waals surface area contributed by atoms with E-state index >= 15 is 0 Å². The summed E-state index contributed by atoms with van der Waals surface area (Å²) in [5.74, 6) is -1.94. The van der Waals surface area contributed by atoms with Gasteiger partial charge in [0.15, 0.2) is 0 Å². The van der Waals surface area contributed by atoms with Crippen LogP contribution in [0.5, 0.6) is 0 Å². The average molecular weight is 326 g/mol. The Morgan fingerprint density at radius 2 is 1.91 bits per heavy atom. The van der Waals surface area contributed by atoms with Crippen molar-refractivity contribution >= 4 is 34.1 Å². The molecule has 7 heteroatoms. The van der Waals surface area contributed by atoms with Crippen LogP contribution in [0.15, 0.2) is 6.07 Å². The lowest BCUT2D eigenvalue weighted by Crippen LogP contribution is -2.40. The van der Waals surface area contributed by atoms with Crippen molar-refractivity contribution in [2.45, 2.75) is 46.6 Å². The van der Waals surface area contributed by atoms with Gasteiger partial charge in [0.1, 0.15) is 11.0 Å². The summed E-state index contributed by atoms with van der Waals surface area (Å²) >= 11 is 1.34. The minimum atomic E-state index is -1.07. The number of aryl methyl sites for hydroxylation is 1. The molecule has 1 heterocycles. The summed E-state index contributed by atoms with van der Waals surface area (Å²) in [5, 5.41) is 14.7. The molecule has 0 saturated heterocycles. The van der Waals surface area contributed by atoms with Gasteiger partial charge in [0, 0.05) is 10.8 Å². The maximum Gasteiger partial charge on any atom is 0.326 e. The predicted molar refractivity (Wildman–Crippen MR) is 86.3 cm³/mol. The summed E-state index contributed by atoms with van der Waals surface area (Å²) in [6.45, 7) is 7.17. The van der Waals surface area contributed by atoms with Crippen molar-refractivity contribution in [3.05, 3.63) is 16.5 Å². The monoisotopic (exact) mass is 326 g/mol. The fourth-order valence-corrected chi connectivity index (χ4v) is 2.70. The first-order valence-electron chi connectivity index (χ1n) is 7.27. The number of carbonyl (C=O) groups is 3. The maximum absolute atomic E-state index is 12.3. The van der Waals surface area contributed by atoms with Gasteiger partial charge in [0.05, 0.1) is 5.56 Å². The Labute approximate surface area is 133 Å². The molecule has 6 nitrogen and oxygen atoms in total. The van der Waals surface area contributed by atoms with Crippen molar-refractivity contribution in [2.75, 3.05) is 5.32 Å². The lowest BCUT2D eigenvalue weighted by molar-refractivity contribution is -0.139. The van der Waals surface area contributed by atoms with Crippen LogP contribution in [0.1, 0.15) is 49.4 Å². The van der Waals surface area contributed by atoms with E-state index in [4.69, 9.17) is 5.11 Å². The number of carboxylic acids is 1. The molecule has 0 spiro atoms. The van der Waals surface area contributed by atoms with Crippen molar-refractivity contribution in [2.24, 2.45) is 5.92 Å². The summed E-state index contributed by atoms with van der Waals surface area (Å²) in [6, 6.07) is 0.760. The largest absolute Gasteiger partial charge is 0.480 e. The van der Waals surface area contributed by atoms with Crippen molar-refractivity contribution in [3.63, 3.8) is 0 Å². The molecular formula is C15H22N2O4S. The summed E-state index contributed by atoms with van der Waals surface area (Å²) in [6.07, 6.45) is 1.03. The average Bonchev–Trinajstić information content (AvgIpc) is 2.87. The van der Waals surface area contributed by atoms with E-state index in [-0.39, 0.29) is 11.8 Å². The van der Waals surface area contributed by atoms with Gasteiger partial charge in [0.25, 0.3) is 5.91 Å². The Balaban J connectivity index is 3.01. The number of anilines is 1. The van der Waals surface area contributed by atoms with Crippen LogP contribution in [-0.2, 0) is 16.0 Å². The molecule has 122 valence electrons. The number of thiophene rings is 1. The molecule has 0 radical (unpaired) electrons. The van der Waals surface area contributed by atoms with Crippen LogP contribution in [0.3, 0.4) is 0 Å². The summed E-state index contributed by atoms with van der Waals surface area (Å²) in [4.78, 5) is 36.1. The van der Waals surface area contributed by atoms with Crippen LogP contribution < -0.4 is 10.6 Å². The summed E-state index contributed by atoms with van der Waals surface area (Å²) in [7, 11) is 0. The Kier molecular flexibility index (Phi) is 6.55. The van der Waals surface area contributed by atoms with Crippen LogP contribution in [0.4, 0.5) is 5.00 Å². The van der Waals surface area contributed by atoms with Crippen LogP contribution >= 0.6 is 11.3 Å². The van der Waals surface area contributed by atoms with E-state index in [0.717, 1.165) is 11.3 Å². The first kappa shape index (κ1) is 18.2. The molecule has 0 aromatic carbocycles. The smallest absolute Gasteiger partial charge is 0.326 e. The van der Waals surface area contributed by atoms with Crippen LogP contribution in [0.2, 0.25) is 0 Å². The van der Waals surface area contributed by atoms with Crippen molar-refractivity contribution in [1.29, 1.82) is 0 Å². The first-order chi connectivity index (χ1) is 10.3. The molecule has 0 aliphatic carbocycles. The molecular weight excluding hydrogens is 304 g/mol. The number of carbonyl (C=O) groups excluding carboxylic acids is 2. The van der Waals surface area contributed by atoms with E-state index in [1.807, 2.05) is 6.92 Å². The topological polar surface area (TPSA) is 95.5 Å². The SMILES string of the molecule is CCc1cc(C(=O)NC(CC)C(=O)O)c(NC(=O)C(C)C)s1. The normalized spacial score (nSPS) is 12.0. The number of rotatable bonds is 7. The third kappa shape index (κ3) is 4.56. The van der Waals surface area contributed by atoms with Crippen molar-refractivity contribution in [1.82, 2.24) is 5.32 Å². The molecule has 0 aliphatic heterocycles. The quantitative estimate of drug-likeness (QED) is 0.717. The van der Waals surface area contributed by atoms with Crippen LogP contribution in [-0.4, -0.2) is 28.9 Å². The van der Waals surface area contributed by atoms with E-state index in [2.05, 4.69) is 10.6 Å². The zero-order chi connectivity index (χ0) is 16.9. The van der Waals surface area contributed by atoms with E-state index < -0.39 is 17.9 Å². The lowest BCUT2D eigenvalue weighted by Gasteiger charge is -2.13. The molecule has 0 aliphatic rings. The van der Waals surface area contributed by atoms with Crippen LogP contribution in [0, 0.1) is 5.92 Å². The summed E-state index contributed by atoms with van der Waals surface area (Å²) in [5.41, 5.74) is 0.315. The predicted octanol–water partition coefficient (Wildman–Crippen LogP) is 2.50. The Morgan fingerprint density at radius 3 is 2.36 bits per heavy atom. The zero-order valence-corrected chi connectivity index (χ0v) is 14.0. The molecule has 3 N–H and O–H groups in total. The second-order valence-electron chi connectivity index (χ2n) is 5.23. The fraction of sp³-hybridized carbons (Fsp3) is 0.533. The Morgan fingerprint density at radius 1 is 1.27 bits per heavy atom. The van der Waals surface area contributed by atoms with Gasteiger partial charge in [-0.25, -0.2) is 4.79 Å². The number of nitrogens with one attached hydrogen (secondary N) is 2. The number of carboxylic acid groups (broad SMARTS) is 1. The van der Waals surface area contributed by atoms with Gasteiger partial charge in [0.2, 0.25) is 5.91 Å². The molecule has 1 aromatic heterocycles. The molecule has 1 rings (SSSR count). The number of amides is 2. The van der Waals surface area contributed by atoms with Gasteiger partial charge < -0.3 is 15.7 Å². The number of hydrogen-bond acceptors (Lipinski definition) is 4. The van der Waals surface area contributed by atoms with E-state index in [1.165, 1.54) is 11.3 Å². The Bertz CT molecular complexity index is 566. The van der Waals surface area contributed by atoms with Gasteiger partial charge >= 0.3 is 5.97 Å². The van der Waals surface area contributed by atoms with Crippen molar-refractivity contribution < 1.29 is 19.5 Å². The molecule has 2 amide bonds. The van der Waals surface area contributed by atoms with Gasteiger partial charge in [-0.2, -0.15) is 0 Å². The first-order valence-corrected chi connectivity index (χ1v) is 8.08. The van der Waals surface area contributed by atoms with Gasteiger partial charge in [-0.3, -0.25) is 9.59 Å². The number of aliphatic carboxylic acids is 1. The number of hydrogen-bond donors (Lipinski definition) is 3. The minimum absolute atomic E-state index is 0.177. The molecule has 0 fully saturated rings. The van der Waals surface area contributed by atoms with Gasteiger partial charge in [-0.1, -0.05) is 27.7 Å². The standard InChI is InChI=1S/C15H22N2O4S/c1-5-9-7-10(13(19)16-11(6-2)15(20)21)14(22-9)17-12(18)8(3)4/h7-8,11H,5-6H2,1-4H3,(H,16,19)(H,17,18)(H,20,21). The van der Waals surface area contributed by atoms with Gasteiger partial charge in [-0.15, -0.1) is 11.3 Å². The molecule has 1 unspecified atom stereocenters. The lowest BCUT2D eigenvalue weighted by atomic mass is 10.2. The Hall–Kier alpha value is -1.89. The molecule has 22 heavy (non-hydrogen) atoms. The fourth-order valence-electron chi connectivity index (χ4n) is 1.71. The molecule has 1 atom stereocenters. The highest BCUT2D eigenvalue weighted by molar-refractivity contribution is 7.16. The highest BCUT2D eigenvalue weighted by Crippen LogP contribution is 2.29. The maximum atomic E-state index is 12.3. The van der Waals surface area contributed by atoms with Gasteiger partial charge in [-0.05, 0) is 18.9 Å². The second kappa shape index (κ2) is 7.93. The van der Waals surface area contributed by atoms with E-state index in [1.54, 1.807) is 26.8 Å². The zero-order valence-electron chi connectivity index (χ0n) is 13.2. The molecule has 1 aromatic rings. The second-order valence-corrected chi connectivity index (χ2v) is 6.36. The third-order valence-corrected chi connectivity index (χ3v) is 4.34. The third-order valence-electron chi connectivity index (χ3n) is 3.15. The molecule has 0 saturated carbocycles. The minimum Gasteiger partial charge on any atom is -0.480 e. The van der Waals surface area contributed by atoms with E-state index in [9.17, 15) is 14.4 Å². The van der Waals surface area contributed by atoms with E-state index in [0.29, 0.717) is 17.0 Å². The van der Waals surface area contributed by atoms with Crippen molar-refractivity contribution in [3.8, 4) is 0 Å². The van der Waals surface area contributed by atoms with Crippen LogP contribution in [0.25, 0.3) is 0 Å². The summed E-state index contributed by atoms with van der Waals surface area (Å²) < 4.78 is 0. The highest BCUT2D eigenvalue weighted by atomic mass is 32.1. The molecule has 0 bridgehead atoms.